The lowest BCUT2D eigenvalue weighted by atomic mass is 10.1. The third-order valence-electron chi connectivity index (χ3n) is 6.20. The van der Waals surface area contributed by atoms with Gasteiger partial charge in [0.1, 0.15) is 11.5 Å². The van der Waals surface area contributed by atoms with Gasteiger partial charge in [0.25, 0.3) is 5.91 Å². The summed E-state index contributed by atoms with van der Waals surface area (Å²) in [5, 5.41) is 4.72. The first-order valence-corrected chi connectivity index (χ1v) is 12.5. The normalized spacial score (nSPS) is 15.1. The molecule has 1 aliphatic rings. The van der Waals surface area contributed by atoms with Crippen molar-refractivity contribution in [2.75, 3.05) is 30.5 Å². The van der Waals surface area contributed by atoms with E-state index in [4.69, 9.17) is 21.1 Å². The minimum atomic E-state index is -4.66. The predicted molar refractivity (Wildman–Crippen MR) is 142 cm³/mol. The molecule has 3 aromatic carbocycles. The van der Waals surface area contributed by atoms with Gasteiger partial charge in [-0.3, -0.25) is 14.4 Å². The van der Waals surface area contributed by atoms with E-state index in [-0.39, 0.29) is 30.5 Å². The standard InChI is InChI=1S/C28H25ClF3N3O5/c1-39-21-7-2-17(3-8-21)14-33-27(38)18-12-26(37)35(15-18)20-5-9-22(10-6-20)40-16-25(36)34-19-4-11-24(29)23(13-19)28(30,31)32/h2-11,13,18H,12,14-16H2,1H3,(H,33,38)(H,34,36)/t18-/m0/s1. The van der Waals surface area contributed by atoms with Crippen LogP contribution in [0.15, 0.2) is 66.7 Å². The number of halogens is 4. The number of rotatable bonds is 9. The zero-order valence-electron chi connectivity index (χ0n) is 21.3. The average molecular weight is 576 g/mol. The number of carbonyl (C=O) groups is 3. The van der Waals surface area contributed by atoms with Crippen LogP contribution in [0.1, 0.15) is 17.5 Å². The Morgan fingerprint density at radius 2 is 1.70 bits per heavy atom. The van der Waals surface area contributed by atoms with Crippen molar-refractivity contribution in [3.05, 3.63) is 82.9 Å². The van der Waals surface area contributed by atoms with Gasteiger partial charge in [0.05, 0.1) is 23.6 Å². The Morgan fingerprint density at radius 3 is 2.35 bits per heavy atom. The first-order valence-electron chi connectivity index (χ1n) is 12.1. The Balaban J connectivity index is 1.27. The van der Waals surface area contributed by atoms with E-state index in [2.05, 4.69) is 10.6 Å². The van der Waals surface area contributed by atoms with E-state index in [1.807, 2.05) is 12.1 Å². The van der Waals surface area contributed by atoms with E-state index in [0.717, 1.165) is 17.7 Å². The number of carbonyl (C=O) groups excluding carboxylic acids is 3. The molecule has 0 aliphatic carbocycles. The smallest absolute Gasteiger partial charge is 0.417 e. The maximum absolute atomic E-state index is 13.0. The van der Waals surface area contributed by atoms with E-state index in [0.29, 0.717) is 23.7 Å². The second-order valence-electron chi connectivity index (χ2n) is 8.99. The Hall–Kier alpha value is -4.25. The van der Waals surface area contributed by atoms with E-state index in [1.165, 1.54) is 11.0 Å². The van der Waals surface area contributed by atoms with Crippen molar-refractivity contribution in [1.82, 2.24) is 5.32 Å². The van der Waals surface area contributed by atoms with Gasteiger partial charge in [0.15, 0.2) is 6.61 Å². The fourth-order valence-electron chi connectivity index (χ4n) is 4.10. The SMILES string of the molecule is COc1ccc(CNC(=O)[C@H]2CC(=O)N(c3ccc(OCC(=O)Nc4ccc(Cl)c(C(F)(F)F)c4)cc3)C2)cc1. The van der Waals surface area contributed by atoms with Gasteiger partial charge in [-0.05, 0) is 60.2 Å². The fourth-order valence-corrected chi connectivity index (χ4v) is 4.32. The number of hydrogen-bond acceptors (Lipinski definition) is 5. The molecule has 210 valence electrons. The summed E-state index contributed by atoms with van der Waals surface area (Å²) >= 11 is 5.59. The van der Waals surface area contributed by atoms with Gasteiger partial charge in [-0.2, -0.15) is 13.2 Å². The third kappa shape index (κ3) is 7.23. The second-order valence-corrected chi connectivity index (χ2v) is 9.40. The number of nitrogens with zero attached hydrogens (tertiary/aromatic N) is 1. The van der Waals surface area contributed by atoms with E-state index in [9.17, 15) is 27.6 Å². The van der Waals surface area contributed by atoms with Crippen molar-refractivity contribution in [2.45, 2.75) is 19.1 Å². The predicted octanol–water partition coefficient (Wildman–Crippen LogP) is 5.05. The molecule has 0 unspecified atom stereocenters. The molecule has 1 fully saturated rings. The lowest BCUT2D eigenvalue weighted by molar-refractivity contribution is -0.137. The molecule has 1 atom stereocenters. The Labute approximate surface area is 233 Å². The number of anilines is 2. The number of amides is 3. The van der Waals surface area contributed by atoms with Gasteiger partial charge >= 0.3 is 6.18 Å². The van der Waals surface area contributed by atoms with Gasteiger partial charge in [-0.25, -0.2) is 0 Å². The molecule has 40 heavy (non-hydrogen) atoms. The number of methoxy groups -OCH3 is 1. The Morgan fingerprint density at radius 1 is 1.02 bits per heavy atom. The van der Waals surface area contributed by atoms with Crippen LogP contribution in [0.25, 0.3) is 0 Å². The number of alkyl halides is 3. The maximum atomic E-state index is 13.0. The summed E-state index contributed by atoms with van der Waals surface area (Å²) in [6, 6.07) is 16.7. The molecule has 3 amide bonds. The summed E-state index contributed by atoms with van der Waals surface area (Å²) in [6.45, 7) is 0.0912. The first-order chi connectivity index (χ1) is 19.0. The molecule has 0 radical (unpaired) electrons. The number of ether oxygens (including phenoxy) is 2. The van der Waals surface area contributed by atoms with Crippen molar-refractivity contribution in [3.8, 4) is 11.5 Å². The van der Waals surface area contributed by atoms with Crippen LogP contribution in [0.2, 0.25) is 5.02 Å². The summed E-state index contributed by atoms with van der Waals surface area (Å²) < 4.78 is 49.6. The number of benzene rings is 3. The zero-order valence-corrected chi connectivity index (χ0v) is 22.0. The van der Waals surface area contributed by atoms with Crippen LogP contribution in [0.4, 0.5) is 24.5 Å². The summed E-state index contributed by atoms with van der Waals surface area (Å²) in [5.41, 5.74) is 0.333. The molecule has 0 bridgehead atoms. The Kier molecular flexibility index (Phi) is 8.83. The van der Waals surface area contributed by atoms with Gasteiger partial charge in [-0.1, -0.05) is 23.7 Å². The summed E-state index contributed by atoms with van der Waals surface area (Å²) in [4.78, 5) is 38.9. The van der Waals surface area contributed by atoms with Crippen LogP contribution in [0.5, 0.6) is 11.5 Å². The lowest BCUT2D eigenvalue weighted by Gasteiger charge is -2.17. The molecule has 2 N–H and O–H groups in total. The largest absolute Gasteiger partial charge is 0.497 e. The second kappa shape index (κ2) is 12.3. The van der Waals surface area contributed by atoms with E-state index < -0.39 is 35.2 Å². The highest BCUT2D eigenvalue weighted by Gasteiger charge is 2.35. The van der Waals surface area contributed by atoms with E-state index in [1.54, 1.807) is 43.5 Å². The van der Waals surface area contributed by atoms with Crippen molar-refractivity contribution < 1.29 is 37.0 Å². The minimum absolute atomic E-state index is 0.0733. The van der Waals surface area contributed by atoms with Crippen LogP contribution >= 0.6 is 11.6 Å². The van der Waals surface area contributed by atoms with Gasteiger partial charge < -0.3 is 25.0 Å². The molecule has 1 heterocycles. The lowest BCUT2D eigenvalue weighted by Crippen LogP contribution is -2.32. The number of nitrogens with one attached hydrogen (secondary N) is 2. The van der Waals surface area contributed by atoms with Crippen molar-refractivity contribution in [3.63, 3.8) is 0 Å². The van der Waals surface area contributed by atoms with Crippen LogP contribution in [0, 0.1) is 5.92 Å². The highest BCUT2D eigenvalue weighted by Crippen LogP contribution is 2.36. The zero-order chi connectivity index (χ0) is 28.9. The Bertz CT molecular complexity index is 1380. The van der Waals surface area contributed by atoms with Crippen LogP contribution in [0.3, 0.4) is 0 Å². The van der Waals surface area contributed by atoms with Crippen LogP contribution in [-0.2, 0) is 27.1 Å². The monoisotopic (exact) mass is 575 g/mol. The molecular weight excluding hydrogens is 551 g/mol. The summed E-state index contributed by atoms with van der Waals surface area (Å²) in [7, 11) is 1.57. The molecule has 12 heteroatoms. The molecule has 0 spiro atoms. The molecule has 8 nitrogen and oxygen atoms in total. The molecule has 4 rings (SSSR count). The molecular formula is C28H25ClF3N3O5. The quantitative estimate of drug-likeness (QED) is 0.372. The molecule has 1 aliphatic heterocycles. The van der Waals surface area contributed by atoms with E-state index >= 15 is 0 Å². The average Bonchev–Trinajstić information content (AvgIpc) is 3.33. The molecule has 1 saturated heterocycles. The van der Waals surface area contributed by atoms with Crippen LogP contribution < -0.4 is 25.0 Å². The topological polar surface area (TPSA) is 97.0 Å². The van der Waals surface area contributed by atoms with Crippen molar-refractivity contribution >= 4 is 40.7 Å². The highest BCUT2D eigenvalue weighted by atomic mass is 35.5. The van der Waals surface area contributed by atoms with Gasteiger partial charge in [-0.15, -0.1) is 0 Å². The summed E-state index contributed by atoms with van der Waals surface area (Å²) in [6.07, 6.45) is -4.58. The fraction of sp³-hybridized carbons (Fsp3) is 0.250. The van der Waals surface area contributed by atoms with Crippen LogP contribution in [-0.4, -0.2) is 38.0 Å². The highest BCUT2D eigenvalue weighted by molar-refractivity contribution is 6.31. The molecule has 3 aromatic rings. The molecule has 0 saturated carbocycles. The minimum Gasteiger partial charge on any atom is -0.497 e. The first kappa shape index (κ1) is 28.8. The number of hydrogen-bond donors (Lipinski definition) is 2. The van der Waals surface area contributed by atoms with Gasteiger partial charge in [0.2, 0.25) is 11.8 Å². The van der Waals surface area contributed by atoms with Gasteiger partial charge in [0, 0.05) is 30.9 Å². The molecule has 0 aromatic heterocycles. The third-order valence-corrected chi connectivity index (χ3v) is 6.53. The maximum Gasteiger partial charge on any atom is 0.417 e. The van der Waals surface area contributed by atoms with Crippen molar-refractivity contribution in [2.24, 2.45) is 5.92 Å². The van der Waals surface area contributed by atoms with Crippen molar-refractivity contribution in [1.29, 1.82) is 0 Å². The summed E-state index contributed by atoms with van der Waals surface area (Å²) in [5.74, 6) is -0.563.